The number of nitrogens with one attached hydrogen (secondary N) is 2. The predicted molar refractivity (Wildman–Crippen MR) is 73.1 cm³/mol. The molecule has 0 radical (unpaired) electrons. The van der Waals surface area contributed by atoms with E-state index in [-0.39, 0.29) is 24.4 Å². The Balaban J connectivity index is 1.42. The highest BCUT2D eigenvalue weighted by Gasteiger charge is 2.53. The van der Waals surface area contributed by atoms with Crippen molar-refractivity contribution in [3.63, 3.8) is 0 Å². The molecule has 0 bridgehead atoms. The predicted octanol–water partition coefficient (Wildman–Crippen LogP) is 3.03. The molecule has 1 spiro atoms. The van der Waals surface area contributed by atoms with Crippen molar-refractivity contribution in [3.05, 3.63) is 29.8 Å². The van der Waals surface area contributed by atoms with Crippen LogP contribution in [-0.2, 0) is 6.54 Å². The second kappa shape index (κ2) is 5.50. The number of hydrogen-bond donors (Lipinski definition) is 2. The lowest BCUT2D eigenvalue weighted by atomic mass is 9.77. The van der Waals surface area contributed by atoms with Gasteiger partial charge in [-0.15, -0.1) is 0 Å². The van der Waals surface area contributed by atoms with Crippen LogP contribution in [0.1, 0.15) is 31.2 Å². The first-order chi connectivity index (χ1) is 10.0. The Morgan fingerprint density at radius 2 is 2.14 bits per heavy atom. The van der Waals surface area contributed by atoms with Gasteiger partial charge in [0, 0.05) is 12.6 Å². The molecular weight excluding hydrogens is 278 g/mol. The molecule has 0 aliphatic heterocycles. The Bertz CT molecular complexity index is 524. The van der Waals surface area contributed by atoms with E-state index in [1.54, 1.807) is 12.1 Å². The van der Waals surface area contributed by atoms with E-state index < -0.39 is 6.61 Å². The average molecular weight is 296 g/mol. The maximum Gasteiger partial charge on any atom is 0.387 e. The first kappa shape index (κ1) is 14.1. The summed E-state index contributed by atoms with van der Waals surface area (Å²) in [4.78, 5) is 11.7. The normalized spacial score (nSPS) is 19.2. The molecule has 0 heterocycles. The fourth-order valence-electron chi connectivity index (χ4n) is 2.92. The summed E-state index contributed by atoms with van der Waals surface area (Å²) in [6.45, 7) is -2.56. The summed E-state index contributed by atoms with van der Waals surface area (Å²) in [7, 11) is 0. The molecule has 2 N–H and O–H groups in total. The van der Waals surface area contributed by atoms with Gasteiger partial charge in [0.15, 0.2) is 0 Å². The Hall–Kier alpha value is -1.85. The summed E-state index contributed by atoms with van der Waals surface area (Å²) >= 11 is 0. The molecule has 0 atom stereocenters. The van der Waals surface area contributed by atoms with Crippen LogP contribution in [0.25, 0.3) is 0 Å². The number of halogens is 2. The van der Waals surface area contributed by atoms with Gasteiger partial charge in [0.2, 0.25) is 0 Å². The molecule has 2 amide bonds. The van der Waals surface area contributed by atoms with Crippen molar-refractivity contribution in [3.8, 4) is 5.75 Å². The number of carbonyl (C=O) groups is 1. The van der Waals surface area contributed by atoms with E-state index in [2.05, 4.69) is 15.4 Å². The van der Waals surface area contributed by atoms with Crippen LogP contribution in [0.4, 0.5) is 13.6 Å². The minimum absolute atomic E-state index is 0.0966. The maximum atomic E-state index is 12.1. The van der Waals surface area contributed by atoms with Crippen molar-refractivity contribution in [2.75, 3.05) is 0 Å². The molecule has 2 fully saturated rings. The Morgan fingerprint density at radius 3 is 2.81 bits per heavy atom. The number of hydrogen-bond acceptors (Lipinski definition) is 2. The molecule has 2 aliphatic carbocycles. The minimum atomic E-state index is -2.84. The SMILES string of the molecule is O=C(NCc1cccc(OC(F)F)c1)NC1CC2(CC2)C1. The fraction of sp³-hybridized carbons (Fsp3) is 0.533. The van der Waals surface area contributed by atoms with Gasteiger partial charge >= 0.3 is 12.6 Å². The van der Waals surface area contributed by atoms with E-state index in [1.807, 2.05) is 0 Å². The Morgan fingerprint density at radius 1 is 1.38 bits per heavy atom. The van der Waals surface area contributed by atoms with Crippen LogP contribution in [0.5, 0.6) is 5.75 Å². The second-order valence-corrected chi connectivity index (χ2v) is 5.96. The zero-order valence-electron chi connectivity index (χ0n) is 11.6. The van der Waals surface area contributed by atoms with Gasteiger partial charge in [-0.3, -0.25) is 0 Å². The number of ether oxygens (including phenoxy) is 1. The highest BCUT2D eigenvalue weighted by atomic mass is 19.3. The van der Waals surface area contributed by atoms with Crippen molar-refractivity contribution in [2.45, 2.75) is 44.9 Å². The van der Waals surface area contributed by atoms with Crippen LogP contribution in [0.15, 0.2) is 24.3 Å². The van der Waals surface area contributed by atoms with Crippen LogP contribution in [0.2, 0.25) is 0 Å². The molecule has 0 aromatic heterocycles. The quantitative estimate of drug-likeness (QED) is 0.877. The molecule has 21 heavy (non-hydrogen) atoms. The number of rotatable bonds is 5. The summed E-state index contributed by atoms with van der Waals surface area (Å²) in [5, 5.41) is 5.66. The van der Waals surface area contributed by atoms with E-state index in [1.165, 1.54) is 25.0 Å². The zero-order valence-corrected chi connectivity index (χ0v) is 11.6. The first-order valence-electron chi connectivity index (χ1n) is 7.13. The summed E-state index contributed by atoms with van der Waals surface area (Å²) in [6, 6.07) is 6.39. The number of amides is 2. The van der Waals surface area contributed by atoms with Gasteiger partial charge in [-0.2, -0.15) is 8.78 Å². The van der Waals surface area contributed by atoms with Gasteiger partial charge in [-0.1, -0.05) is 12.1 Å². The number of benzene rings is 1. The van der Waals surface area contributed by atoms with E-state index >= 15 is 0 Å². The van der Waals surface area contributed by atoms with Gasteiger partial charge in [0.1, 0.15) is 5.75 Å². The molecule has 3 rings (SSSR count). The fourth-order valence-corrected chi connectivity index (χ4v) is 2.92. The van der Waals surface area contributed by atoms with E-state index in [0.717, 1.165) is 18.4 Å². The topological polar surface area (TPSA) is 50.4 Å². The third-order valence-corrected chi connectivity index (χ3v) is 4.23. The second-order valence-electron chi connectivity index (χ2n) is 5.96. The lowest BCUT2D eigenvalue weighted by molar-refractivity contribution is -0.0498. The highest BCUT2D eigenvalue weighted by Crippen LogP contribution is 2.60. The number of urea groups is 1. The Kier molecular flexibility index (Phi) is 3.69. The summed E-state index contributed by atoms with van der Waals surface area (Å²) in [5.74, 6) is 0.0966. The lowest BCUT2D eigenvalue weighted by Crippen LogP contribution is -2.48. The summed E-state index contributed by atoms with van der Waals surface area (Å²) < 4.78 is 28.6. The molecule has 6 heteroatoms. The molecule has 2 saturated carbocycles. The van der Waals surface area contributed by atoms with E-state index in [0.29, 0.717) is 5.41 Å². The molecular formula is C15H18F2N2O2. The Labute approximate surface area is 121 Å². The van der Waals surface area contributed by atoms with Crippen molar-refractivity contribution < 1.29 is 18.3 Å². The lowest BCUT2D eigenvalue weighted by Gasteiger charge is -2.36. The maximum absolute atomic E-state index is 12.1. The van der Waals surface area contributed by atoms with Gasteiger partial charge in [0.05, 0.1) is 0 Å². The molecule has 1 aromatic carbocycles. The number of carbonyl (C=O) groups excluding carboxylic acids is 1. The minimum Gasteiger partial charge on any atom is -0.435 e. The molecule has 0 saturated heterocycles. The van der Waals surface area contributed by atoms with Crippen LogP contribution in [-0.4, -0.2) is 18.7 Å². The first-order valence-corrected chi connectivity index (χ1v) is 7.13. The van der Waals surface area contributed by atoms with Gasteiger partial charge in [-0.05, 0) is 48.8 Å². The van der Waals surface area contributed by atoms with Crippen LogP contribution < -0.4 is 15.4 Å². The van der Waals surface area contributed by atoms with Crippen molar-refractivity contribution in [2.24, 2.45) is 5.41 Å². The van der Waals surface area contributed by atoms with Crippen LogP contribution >= 0.6 is 0 Å². The van der Waals surface area contributed by atoms with Gasteiger partial charge in [0.25, 0.3) is 0 Å². The van der Waals surface area contributed by atoms with E-state index in [4.69, 9.17) is 0 Å². The summed E-state index contributed by atoms with van der Waals surface area (Å²) in [6.07, 6.45) is 4.75. The van der Waals surface area contributed by atoms with Crippen molar-refractivity contribution in [1.29, 1.82) is 0 Å². The molecule has 114 valence electrons. The standard InChI is InChI=1S/C15H18F2N2O2/c16-13(17)21-12-3-1-2-10(6-12)9-18-14(20)19-11-7-15(8-11)4-5-15/h1-3,6,11,13H,4-5,7-9H2,(H2,18,19,20). The third-order valence-electron chi connectivity index (χ3n) is 4.23. The third kappa shape index (κ3) is 3.62. The molecule has 4 nitrogen and oxygen atoms in total. The average Bonchev–Trinajstić information content (AvgIpc) is 3.16. The van der Waals surface area contributed by atoms with Crippen LogP contribution in [0, 0.1) is 5.41 Å². The zero-order chi connectivity index (χ0) is 14.9. The van der Waals surface area contributed by atoms with Crippen molar-refractivity contribution in [1.82, 2.24) is 10.6 Å². The monoisotopic (exact) mass is 296 g/mol. The van der Waals surface area contributed by atoms with Gasteiger partial charge < -0.3 is 15.4 Å². The molecule has 1 aromatic rings. The number of alkyl halides is 2. The molecule has 0 unspecified atom stereocenters. The highest BCUT2D eigenvalue weighted by molar-refractivity contribution is 5.74. The van der Waals surface area contributed by atoms with Gasteiger partial charge in [-0.25, -0.2) is 4.79 Å². The van der Waals surface area contributed by atoms with Crippen LogP contribution in [0.3, 0.4) is 0 Å². The smallest absolute Gasteiger partial charge is 0.387 e. The van der Waals surface area contributed by atoms with E-state index in [9.17, 15) is 13.6 Å². The summed E-state index contributed by atoms with van der Waals surface area (Å²) in [5.41, 5.74) is 1.27. The van der Waals surface area contributed by atoms with Crippen molar-refractivity contribution >= 4 is 6.03 Å². The largest absolute Gasteiger partial charge is 0.435 e. The molecule has 2 aliphatic rings.